The number of amides is 2. The molecular formula is C32H28BrClN4O2. The number of rotatable bonds is 8. The van der Waals surface area contributed by atoms with Crippen LogP contribution < -0.4 is 10.9 Å². The Hall–Kier alpha value is -3.94. The number of urea groups is 1. The minimum absolute atomic E-state index is 0.197. The summed E-state index contributed by atoms with van der Waals surface area (Å²) in [6.07, 6.45) is 1.19. The Morgan fingerprint density at radius 3 is 2.33 bits per heavy atom. The summed E-state index contributed by atoms with van der Waals surface area (Å²) in [6.45, 7) is 2.43. The zero-order valence-corrected chi connectivity index (χ0v) is 24.3. The number of anilines is 1. The van der Waals surface area contributed by atoms with Crippen molar-refractivity contribution in [1.82, 2.24) is 14.5 Å². The van der Waals surface area contributed by atoms with Gasteiger partial charge in [0.15, 0.2) is 0 Å². The van der Waals surface area contributed by atoms with Gasteiger partial charge in [0.1, 0.15) is 5.82 Å². The molecule has 202 valence electrons. The lowest BCUT2D eigenvalue weighted by atomic mass is 10.1. The summed E-state index contributed by atoms with van der Waals surface area (Å²) in [4.78, 5) is 34.6. The summed E-state index contributed by atoms with van der Waals surface area (Å²) in [5.74, 6) is 0.493. The highest BCUT2D eigenvalue weighted by Gasteiger charge is 2.29. The molecule has 1 aromatic heterocycles. The van der Waals surface area contributed by atoms with E-state index in [0.29, 0.717) is 52.5 Å². The first kappa shape index (κ1) is 27.6. The molecule has 1 heterocycles. The van der Waals surface area contributed by atoms with Crippen molar-refractivity contribution in [2.75, 3.05) is 11.9 Å². The second-order valence-electron chi connectivity index (χ2n) is 9.39. The van der Waals surface area contributed by atoms with Gasteiger partial charge in [-0.3, -0.25) is 9.36 Å². The number of nitrogens with zero attached hydrogens (tertiary/aromatic N) is 3. The number of benzene rings is 4. The standard InChI is InChI=1S/C32H28BrClN4O2/c1-2-29(30-36-28-11-7-6-10-27(28)31(39)38(30)26-18-14-24(34)15-19-26)37(21-20-22-8-4-3-5-9-22)32(40)35-25-16-12-23(33)13-17-25/h3-19,29H,2,20-21H2,1H3,(H,35,40). The van der Waals surface area contributed by atoms with Crippen LogP contribution in [0.1, 0.15) is 30.8 Å². The molecule has 1 unspecified atom stereocenters. The van der Waals surface area contributed by atoms with Crippen molar-refractivity contribution in [3.63, 3.8) is 0 Å². The Labute approximate surface area is 246 Å². The van der Waals surface area contributed by atoms with Crippen LogP contribution in [0.5, 0.6) is 0 Å². The summed E-state index contributed by atoms with van der Waals surface area (Å²) in [5, 5.41) is 4.11. The van der Waals surface area contributed by atoms with E-state index >= 15 is 0 Å². The number of para-hydroxylation sites is 1. The van der Waals surface area contributed by atoms with Crippen LogP contribution in [-0.4, -0.2) is 27.0 Å². The van der Waals surface area contributed by atoms with Crippen LogP contribution >= 0.6 is 27.5 Å². The number of aromatic nitrogens is 2. The minimum Gasteiger partial charge on any atom is -0.314 e. The molecule has 0 aliphatic carbocycles. The average Bonchev–Trinajstić information content (AvgIpc) is 2.97. The smallest absolute Gasteiger partial charge is 0.314 e. The van der Waals surface area contributed by atoms with Crippen molar-refractivity contribution in [2.24, 2.45) is 0 Å². The molecule has 1 atom stereocenters. The molecule has 6 nitrogen and oxygen atoms in total. The summed E-state index contributed by atoms with van der Waals surface area (Å²) >= 11 is 9.62. The van der Waals surface area contributed by atoms with Gasteiger partial charge in [0.05, 0.1) is 22.6 Å². The largest absolute Gasteiger partial charge is 0.322 e. The number of nitrogens with one attached hydrogen (secondary N) is 1. The van der Waals surface area contributed by atoms with Gasteiger partial charge in [-0.15, -0.1) is 0 Å². The van der Waals surface area contributed by atoms with Gasteiger partial charge in [-0.05, 0) is 79.1 Å². The quantitative estimate of drug-likeness (QED) is 0.192. The fraction of sp³-hybridized carbons (Fsp3) is 0.156. The highest BCUT2D eigenvalue weighted by Crippen LogP contribution is 2.28. The van der Waals surface area contributed by atoms with E-state index in [1.807, 2.05) is 79.7 Å². The first-order chi connectivity index (χ1) is 19.4. The van der Waals surface area contributed by atoms with Crippen molar-refractivity contribution in [1.29, 1.82) is 0 Å². The van der Waals surface area contributed by atoms with Gasteiger partial charge in [0.25, 0.3) is 5.56 Å². The van der Waals surface area contributed by atoms with Gasteiger partial charge in [-0.25, -0.2) is 9.78 Å². The summed E-state index contributed by atoms with van der Waals surface area (Å²) in [5.41, 5.74) is 2.81. The molecule has 0 fully saturated rings. The Kier molecular flexibility index (Phi) is 8.63. The van der Waals surface area contributed by atoms with Crippen molar-refractivity contribution >= 4 is 50.2 Å². The number of carbonyl (C=O) groups is 1. The van der Waals surface area contributed by atoms with Crippen LogP contribution in [-0.2, 0) is 6.42 Å². The average molecular weight is 616 g/mol. The fourth-order valence-corrected chi connectivity index (χ4v) is 5.17. The summed E-state index contributed by atoms with van der Waals surface area (Å²) in [6, 6.07) is 31.1. The van der Waals surface area contributed by atoms with E-state index in [2.05, 4.69) is 21.2 Å². The van der Waals surface area contributed by atoms with E-state index in [1.165, 1.54) is 0 Å². The third kappa shape index (κ3) is 6.11. The van der Waals surface area contributed by atoms with Crippen LogP contribution in [0.3, 0.4) is 0 Å². The van der Waals surface area contributed by atoms with Crippen LogP contribution in [0.2, 0.25) is 5.02 Å². The van der Waals surface area contributed by atoms with E-state index < -0.39 is 6.04 Å². The van der Waals surface area contributed by atoms with E-state index in [9.17, 15) is 9.59 Å². The second-order valence-corrected chi connectivity index (χ2v) is 10.7. The molecule has 0 aliphatic heterocycles. The van der Waals surface area contributed by atoms with Crippen molar-refractivity contribution in [3.8, 4) is 5.69 Å². The van der Waals surface area contributed by atoms with Gasteiger partial charge in [0.2, 0.25) is 0 Å². The normalized spacial score (nSPS) is 11.8. The highest BCUT2D eigenvalue weighted by molar-refractivity contribution is 9.10. The van der Waals surface area contributed by atoms with E-state index in [4.69, 9.17) is 16.6 Å². The molecule has 0 aliphatic rings. The predicted octanol–water partition coefficient (Wildman–Crippen LogP) is 8.03. The molecule has 0 saturated heterocycles. The zero-order valence-electron chi connectivity index (χ0n) is 21.9. The second kappa shape index (κ2) is 12.5. The summed E-state index contributed by atoms with van der Waals surface area (Å²) < 4.78 is 2.53. The Balaban J connectivity index is 1.63. The molecule has 1 N–H and O–H groups in total. The van der Waals surface area contributed by atoms with Gasteiger partial charge in [-0.2, -0.15) is 0 Å². The van der Waals surface area contributed by atoms with Gasteiger partial charge in [0, 0.05) is 21.7 Å². The number of halogens is 2. The molecule has 2 amide bonds. The van der Waals surface area contributed by atoms with Crippen molar-refractivity contribution in [3.05, 3.63) is 134 Å². The van der Waals surface area contributed by atoms with E-state index in [0.717, 1.165) is 10.0 Å². The lowest BCUT2D eigenvalue weighted by Gasteiger charge is -2.32. The third-order valence-corrected chi connectivity index (χ3v) is 7.57. The molecule has 5 aromatic rings. The Bertz CT molecular complexity index is 1670. The molecule has 5 rings (SSSR count). The van der Waals surface area contributed by atoms with Gasteiger partial charge >= 0.3 is 6.03 Å². The Morgan fingerprint density at radius 2 is 1.62 bits per heavy atom. The molecule has 8 heteroatoms. The zero-order chi connectivity index (χ0) is 28.1. The third-order valence-electron chi connectivity index (χ3n) is 6.79. The molecule has 4 aromatic carbocycles. The molecule has 0 saturated carbocycles. The van der Waals surface area contributed by atoms with E-state index in [-0.39, 0.29) is 11.6 Å². The van der Waals surface area contributed by atoms with Gasteiger partial charge in [-0.1, -0.05) is 76.9 Å². The maximum atomic E-state index is 13.9. The Morgan fingerprint density at radius 1 is 0.950 bits per heavy atom. The number of carbonyl (C=O) groups excluding carboxylic acids is 1. The fourth-order valence-electron chi connectivity index (χ4n) is 4.78. The topological polar surface area (TPSA) is 67.2 Å². The van der Waals surface area contributed by atoms with Crippen molar-refractivity contribution < 1.29 is 4.79 Å². The minimum atomic E-state index is -0.493. The SMILES string of the molecule is CCC(c1nc2ccccc2c(=O)n1-c1ccc(Cl)cc1)N(CCc1ccccc1)C(=O)Nc1ccc(Br)cc1. The van der Waals surface area contributed by atoms with Gasteiger partial charge < -0.3 is 10.2 Å². The maximum Gasteiger partial charge on any atom is 0.322 e. The predicted molar refractivity (Wildman–Crippen MR) is 165 cm³/mol. The first-order valence-corrected chi connectivity index (χ1v) is 14.3. The lowest BCUT2D eigenvalue weighted by molar-refractivity contribution is 0.182. The molecule has 40 heavy (non-hydrogen) atoms. The summed E-state index contributed by atoms with van der Waals surface area (Å²) in [7, 11) is 0. The highest BCUT2D eigenvalue weighted by atomic mass is 79.9. The molecular weight excluding hydrogens is 588 g/mol. The number of hydrogen-bond donors (Lipinski definition) is 1. The number of hydrogen-bond acceptors (Lipinski definition) is 3. The monoisotopic (exact) mass is 614 g/mol. The van der Waals surface area contributed by atoms with Crippen LogP contribution in [0.15, 0.2) is 112 Å². The van der Waals surface area contributed by atoms with Crippen molar-refractivity contribution in [2.45, 2.75) is 25.8 Å². The number of fused-ring (bicyclic) bond motifs is 1. The molecule has 0 spiro atoms. The molecule has 0 bridgehead atoms. The van der Waals surface area contributed by atoms with Crippen LogP contribution in [0.4, 0.5) is 10.5 Å². The van der Waals surface area contributed by atoms with Crippen LogP contribution in [0, 0.1) is 0 Å². The van der Waals surface area contributed by atoms with Crippen LogP contribution in [0.25, 0.3) is 16.6 Å². The van der Waals surface area contributed by atoms with E-state index in [1.54, 1.807) is 39.8 Å². The molecule has 0 radical (unpaired) electrons. The maximum absolute atomic E-state index is 13.9. The lowest BCUT2D eigenvalue weighted by Crippen LogP contribution is -2.42. The first-order valence-electron chi connectivity index (χ1n) is 13.1.